The van der Waals surface area contributed by atoms with Crippen LogP contribution in [0.5, 0.6) is 0 Å². The maximum absolute atomic E-state index is 12.7. The molecule has 0 aromatic carbocycles. The van der Waals surface area contributed by atoms with Crippen LogP contribution in [-0.2, 0) is 16.1 Å². The number of amides is 2. The summed E-state index contributed by atoms with van der Waals surface area (Å²) < 4.78 is 36.6. The van der Waals surface area contributed by atoms with Crippen molar-refractivity contribution < 1.29 is 37.2 Å². The highest BCUT2D eigenvalue weighted by Gasteiger charge is 2.47. The summed E-state index contributed by atoms with van der Waals surface area (Å²) >= 11 is 0. The van der Waals surface area contributed by atoms with E-state index in [2.05, 4.69) is 10.1 Å². The number of carbonyl (C=O) groups excluding carboxylic acids is 2. The van der Waals surface area contributed by atoms with Gasteiger partial charge in [0.25, 0.3) is 5.91 Å². The van der Waals surface area contributed by atoms with Crippen molar-refractivity contribution in [3.8, 4) is 0 Å². The van der Waals surface area contributed by atoms with Crippen LogP contribution in [0.25, 0.3) is 0 Å². The summed E-state index contributed by atoms with van der Waals surface area (Å²) in [5, 5.41) is 10.9. The van der Waals surface area contributed by atoms with Gasteiger partial charge in [-0.05, 0) is 43.9 Å². The number of alkyl halides is 3. The van der Waals surface area contributed by atoms with Crippen LogP contribution >= 0.6 is 0 Å². The van der Waals surface area contributed by atoms with Gasteiger partial charge in [0.1, 0.15) is 11.8 Å². The molecular formula is C21H23F3N4O5. The molecule has 4 rings (SSSR count). The minimum atomic E-state index is -5.08. The fourth-order valence-corrected chi connectivity index (χ4v) is 4.11. The fraction of sp³-hybridized carbons (Fsp3) is 0.476. The lowest BCUT2D eigenvalue weighted by Gasteiger charge is -2.45. The first-order chi connectivity index (χ1) is 15.5. The average Bonchev–Trinajstić information content (AvgIpc) is 3.33. The summed E-state index contributed by atoms with van der Waals surface area (Å²) in [6.07, 6.45) is 2.90. The molecule has 2 aliphatic rings. The van der Waals surface area contributed by atoms with E-state index in [0.717, 1.165) is 24.8 Å². The van der Waals surface area contributed by atoms with E-state index >= 15 is 0 Å². The Kier molecular flexibility index (Phi) is 7.04. The van der Waals surface area contributed by atoms with Gasteiger partial charge in [-0.25, -0.2) is 4.79 Å². The predicted molar refractivity (Wildman–Crippen MR) is 107 cm³/mol. The summed E-state index contributed by atoms with van der Waals surface area (Å²) in [7, 11) is 0. The van der Waals surface area contributed by atoms with E-state index in [1.165, 1.54) is 6.26 Å². The Morgan fingerprint density at radius 2 is 1.79 bits per heavy atom. The third kappa shape index (κ3) is 5.49. The van der Waals surface area contributed by atoms with Gasteiger partial charge < -0.3 is 19.4 Å². The lowest BCUT2D eigenvalue weighted by atomic mass is 9.84. The summed E-state index contributed by atoms with van der Waals surface area (Å²) in [6, 6.07) is 3.90. The molecule has 33 heavy (non-hydrogen) atoms. The van der Waals surface area contributed by atoms with Gasteiger partial charge in [-0.3, -0.25) is 14.6 Å². The second kappa shape index (κ2) is 9.59. The van der Waals surface area contributed by atoms with Crippen LogP contribution in [0.4, 0.5) is 13.2 Å². The number of aliphatic carboxylic acids is 1. The minimum absolute atomic E-state index is 0.0383. The third-order valence-electron chi connectivity index (χ3n) is 5.97. The molecule has 2 fully saturated rings. The number of halogens is 3. The molecule has 2 saturated heterocycles. The molecule has 2 amide bonds. The van der Waals surface area contributed by atoms with Crippen LogP contribution in [0.1, 0.15) is 47.3 Å². The highest BCUT2D eigenvalue weighted by atomic mass is 19.4. The lowest BCUT2D eigenvalue weighted by Crippen LogP contribution is -2.53. The Balaban J connectivity index is 0.000000383. The number of hydrogen-bond donors (Lipinski definition) is 1. The van der Waals surface area contributed by atoms with Crippen LogP contribution in [0.2, 0.25) is 0 Å². The van der Waals surface area contributed by atoms with Crippen molar-refractivity contribution in [2.45, 2.75) is 50.9 Å². The van der Waals surface area contributed by atoms with Gasteiger partial charge in [0.05, 0.1) is 5.69 Å². The number of nitrogens with zero attached hydrogens (tertiary/aromatic N) is 4. The summed E-state index contributed by atoms with van der Waals surface area (Å²) in [5.74, 6) is -2.59. The average molecular weight is 468 g/mol. The second-order valence-electron chi connectivity index (χ2n) is 7.97. The zero-order valence-electron chi connectivity index (χ0n) is 17.8. The summed E-state index contributed by atoms with van der Waals surface area (Å²) in [4.78, 5) is 42.0. The zero-order valence-corrected chi connectivity index (χ0v) is 17.8. The molecule has 2 aromatic heterocycles. The molecule has 0 radical (unpaired) electrons. The van der Waals surface area contributed by atoms with Crippen LogP contribution < -0.4 is 0 Å². The quantitative estimate of drug-likeness (QED) is 0.736. The second-order valence-corrected chi connectivity index (χ2v) is 7.97. The molecule has 0 unspecified atom stereocenters. The molecule has 12 heteroatoms. The van der Waals surface area contributed by atoms with Crippen molar-refractivity contribution >= 4 is 17.8 Å². The van der Waals surface area contributed by atoms with Crippen molar-refractivity contribution in [1.29, 1.82) is 0 Å². The Labute approximate surface area is 187 Å². The van der Waals surface area contributed by atoms with Crippen molar-refractivity contribution in [3.05, 3.63) is 47.6 Å². The third-order valence-corrected chi connectivity index (χ3v) is 5.97. The first kappa shape index (κ1) is 24.2. The molecule has 0 atom stereocenters. The summed E-state index contributed by atoms with van der Waals surface area (Å²) in [5.41, 5.74) is 2.09. The number of pyridine rings is 1. The topological polar surface area (TPSA) is 117 Å². The van der Waals surface area contributed by atoms with Gasteiger partial charge in [0.15, 0.2) is 0 Å². The van der Waals surface area contributed by atoms with E-state index in [1.54, 1.807) is 19.3 Å². The normalized spacial score (nSPS) is 17.6. The summed E-state index contributed by atoms with van der Waals surface area (Å²) in [6.45, 7) is 3.67. The highest BCUT2D eigenvalue weighted by Crippen LogP contribution is 2.40. The molecule has 0 saturated carbocycles. The number of carboxylic acid groups (broad SMARTS) is 1. The van der Waals surface area contributed by atoms with Crippen molar-refractivity contribution in [1.82, 2.24) is 19.9 Å². The number of rotatable bonds is 3. The number of piperidine rings is 1. The van der Waals surface area contributed by atoms with E-state index in [9.17, 15) is 22.8 Å². The molecule has 4 heterocycles. The zero-order chi connectivity index (χ0) is 24.2. The maximum Gasteiger partial charge on any atom is 0.490 e. The molecule has 2 aliphatic heterocycles. The number of likely N-dealkylation sites (tertiary alicyclic amines) is 2. The largest absolute Gasteiger partial charge is 0.490 e. The molecule has 1 N–H and O–H groups in total. The predicted octanol–water partition coefficient (Wildman–Crippen LogP) is 2.81. The van der Waals surface area contributed by atoms with E-state index in [4.69, 9.17) is 14.4 Å². The minimum Gasteiger partial charge on any atom is -0.475 e. The Bertz CT molecular complexity index is 1000. The van der Waals surface area contributed by atoms with E-state index in [-0.39, 0.29) is 17.4 Å². The first-order valence-electron chi connectivity index (χ1n) is 10.2. The van der Waals surface area contributed by atoms with Crippen LogP contribution in [0, 0.1) is 6.92 Å². The highest BCUT2D eigenvalue weighted by molar-refractivity contribution is 5.95. The first-order valence-corrected chi connectivity index (χ1v) is 10.2. The molecule has 2 aromatic rings. The van der Waals surface area contributed by atoms with Gasteiger partial charge in [-0.15, -0.1) is 0 Å². The van der Waals surface area contributed by atoms with Crippen LogP contribution in [0.3, 0.4) is 0 Å². The van der Waals surface area contributed by atoms with E-state index < -0.39 is 12.1 Å². The van der Waals surface area contributed by atoms with Crippen molar-refractivity contribution in [3.63, 3.8) is 0 Å². The fourth-order valence-electron chi connectivity index (χ4n) is 4.11. The van der Waals surface area contributed by atoms with Gasteiger partial charge in [0, 0.05) is 44.0 Å². The molecule has 0 aliphatic carbocycles. The van der Waals surface area contributed by atoms with Crippen molar-refractivity contribution in [2.75, 3.05) is 13.1 Å². The number of aromatic nitrogens is 2. The van der Waals surface area contributed by atoms with Crippen LogP contribution in [0.15, 0.2) is 35.3 Å². The van der Waals surface area contributed by atoms with E-state index in [1.807, 2.05) is 21.9 Å². The lowest BCUT2D eigenvalue weighted by molar-refractivity contribution is -0.192. The van der Waals surface area contributed by atoms with Crippen LogP contribution in [-0.4, -0.2) is 67.6 Å². The van der Waals surface area contributed by atoms with Gasteiger partial charge in [-0.1, -0.05) is 5.16 Å². The molecule has 9 nitrogen and oxygen atoms in total. The van der Waals surface area contributed by atoms with E-state index in [0.29, 0.717) is 37.3 Å². The van der Waals surface area contributed by atoms with Gasteiger partial charge in [0.2, 0.25) is 5.91 Å². The standard InChI is InChI=1S/C19H22N4O3.C2HF3O2/c1-14-16(13-26-21-14)18(25)22-10-6-19(7-11-22)5-2-17(24)23(19)12-15-3-8-20-9-4-15;3-2(4,5)1(6)7/h3-4,8-9,13H,2,5-7,10-12H2,1H3;(H,6,7). The Morgan fingerprint density at radius 1 is 1.18 bits per heavy atom. The number of carbonyl (C=O) groups is 3. The number of carboxylic acids is 1. The van der Waals surface area contributed by atoms with Gasteiger partial charge >= 0.3 is 12.1 Å². The molecule has 1 spiro atoms. The number of hydrogen-bond acceptors (Lipinski definition) is 6. The SMILES string of the molecule is Cc1nocc1C(=O)N1CCC2(CCC(=O)N2Cc2ccncc2)CC1.O=C(O)C(F)(F)F. The Morgan fingerprint density at radius 3 is 2.30 bits per heavy atom. The number of aryl methyl sites for hydroxylation is 1. The Hall–Kier alpha value is -3.44. The smallest absolute Gasteiger partial charge is 0.475 e. The van der Waals surface area contributed by atoms with Gasteiger partial charge in [-0.2, -0.15) is 13.2 Å². The maximum atomic E-state index is 12.7. The molecule has 0 bridgehead atoms. The monoisotopic (exact) mass is 468 g/mol. The molecular weight excluding hydrogens is 445 g/mol. The van der Waals surface area contributed by atoms with Crippen molar-refractivity contribution in [2.24, 2.45) is 0 Å². The molecule has 178 valence electrons.